The van der Waals surface area contributed by atoms with Crippen LogP contribution in [0.3, 0.4) is 0 Å². The summed E-state index contributed by atoms with van der Waals surface area (Å²) in [5.41, 5.74) is 9.17. The molecule has 1 spiro atoms. The molecule has 0 amide bonds. The summed E-state index contributed by atoms with van der Waals surface area (Å²) in [7, 11) is 0. The summed E-state index contributed by atoms with van der Waals surface area (Å²) in [5.74, 6) is 10.7. The quantitative estimate of drug-likeness (QED) is 0.568. The maximum absolute atomic E-state index is 10.2. The highest BCUT2D eigenvalue weighted by Crippen LogP contribution is 2.59. The molecule has 180 valence electrons. The van der Waals surface area contributed by atoms with Crippen LogP contribution in [0.1, 0.15) is 83.8 Å². The Labute approximate surface area is 200 Å². The van der Waals surface area contributed by atoms with Gasteiger partial charge in [0.15, 0.2) is 0 Å². The van der Waals surface area contributed by atoms with Crippen LogP contribution < -0.4 is 5.73 Å². The molecule has 3 aliphatic carbocycles. The highest BCUT2D eigenvalue weighted by Gasteiger charge is 2.63. The van der Waals surface area contributed by atoms with E-state index in [0.717, 1.165) is 31.1 Å². The Morgan fingerprint density at radius 2 is 2.00 bits per heavy atom. The van der Waals surface area contributed by atoms with Crippen molar-refractivity contribution in [2.45, 2.75) is 103 Å². The molecule has 4 bridgehead atoms. The van der Waals surface area contributed by atoms with Gasteiger partial charge in [0, 0.05) is 18.4 Å². The highest BCUT2D eigenvalue weighted by atomic mass is 16.5. The Morgan fingerprint density at radius 3 is 2.76 bits per heavy atom. The molecule has 5 aliphatic rings. The van der Waals surface area contributed by atoms with E-state index in [1.54, 1.807) is 0 Å². The average Bonchev–Trinajstić information content (AvgIpc) is 2.76. The van der Waals surface area contributed by atoms with E-state index in [1.807, 2.05) is 12.1 Å². The van der Waals surface area contributed by atoms with Crippen molar-refractivity contribution in [2.24, 2.45) is 41.2 Å². The lowest BCUT2D eigenvalue weighted by Crippen LogP contribution is -2.71. The molecule has 2 heterocycles. The van der Waals surface area contributed by atoms with Gasteiger partial charge in [0.05, 0.1) is 17.1 Å². The molecule has 0 aromatic heterocycles. The minimum absolute atomic E-state index is 0.0777. The highest BCUT2D eigenvalue weighted by molar-refractivity contribution is 5.38. The van der Waals surface area contributed by atoms with Crippen LogP contribution in [0.4, 0.5) is 0 Å². The number of phenolic OH excluding ortho intramolecular Hbond substituents is 1. The standard InChI is InChI=1S/C30H43NO2/c1-19(2)8-9-20-14-21-15-23-10-11-25(32)18-22(23)6-5-7-27-28(31)26-12-13-30(27,24(16-20)17-21)33-29(26,3)4/h10-11,18-21,24,26-28,32H,6,8-9,12-17,31H2,1-4H3. The van der Waals surface area contributed by atoms with Gasteiger partial charge in [-0.2, -0.15) is 0 Å². The largest absolute Gasteiger partial charge is 0.508 e. The summed E-state index contributed by atoms with van der Waals surface area (Å²) in [6.45, 7) is 9.23. The molecule has 7 unspecified atom stereocenters. The van der Waals surface area contributed by atoms with Crippen LogP contribution in [0.5, 0.6) is 5.75 Å². The van der Waals surface area contributed by atoms with Crippen molar-refractivity contribution in [1.82, 2.24) is 0 Å². The molecule has 4 fully saturated rings. The first-order valence-corrected chi connectivity index (χ1v) is 13.4. The Hall–Kier alpha value is -1.50. The van der Waals surface area contributed by atoms with Gasteiger partial charge in [0.2, 0.25) is 0 Å². The van der Waals surface area contributed by atoms with Crippen LogP contribution in [0.15, 0.2) is 18.2 Å². The second-order valence-corrected chi connectivity index (χ2v) is 12.6. The van der Waals surface area contributed by atoms with Gasteiger partial charge in [-0.1, -0.05) is 44.6 Å². The zero-order valence-electron chi connectivity index (χ0n) is 21.1. The Morgan fingerprint density at radius 1 is 1.18 bits per heavy atom. The van der Waals surface area contributed by atoms with E-state index in [0.29, 0.717) is 29.9 Å². The van der Waals surface area contributed by atoms with Crippen molar-refractivity contribution in [3.05, 3.63) is 29.3 Å². The smallest absolute Gasteiger partial charge is 0.115 e. The predicted octanol–water partition coefficient (Wildman–Crippen LogP) is 5.86. The van der Waals surface area contributed by atoms with Crippen LogP contribution in [-0.2, 0) is 17.6 Å². The number of aromatic hydroxyl groups is 1. The predicted molar refractivity (Wildman–Crippen MR) is 134 cm³/mol. The molecular weight excluding hydrogens is 406 g/mol. The number of hydrogen-bond donors (Lipinski definition) is 2. The summed E-state index contributed by atoms with van der Waals surface area (Å²) in [6, 6.07) is 6.00. The van der Waals surface area contributed by atoms with E-state index in [9.17, 15) is 5.11 Å². The molecule has 3 heteroatoms. The van der Waals surface area contributed by atoms with E-state index in [-0.39, 0.29) is 23.2 Å². The van der Waals surface area contributed by atoms with Crippen molar-refractivity contribution >= 4 is 0 Å². The molecule has 7 atom stereocenters. The normalized spacial score (nSPS) is 39.1. The molecule has 3 nitrogen and oxygen atoms in total. The summed E-state index contributed by atoms with van der Waals surface area (Å²) >= 11 is 0. The second kappa shape index (κ2) is 8.62. The lowest BCUT2D eigenvalue weighted by Gasteiger charge is -2.64. The third-order valence-electron chi connectivity index (χ3n) is 9.55. The van der Waals surface area contributed by atoms with Crippen LogP contribution in [0, 0.1) is 47.3 Å². The number of phenols is 1. The molecule has 3 N–H and O–H groups in total. The summed E-state index contributed by atoms with van der Waals surface area (Å²) in [4.78, 5) is 0. The van der Waals surface area contributed by atoms with Gasteiger partial charge in [-0.05, 0) is 99.3 Å². The van der Waals surface area contributed by atoms with Crippen molar-refractivity contribution in [2.75, 3.05) is 0 Å². The van der Waals surface area contributed by atoms with Crippen molar-refractivity contribution in [3.8, 4) is 17.6 Å². The van der Waals surface area contributed by atoms with Gasteiger partial charge in [-0.3, -0.25) is 0 Å². The van der Waals surface area contributed by atoms with Crippen LogP contribution >= 0.6 is 0 Å². The maximum atomic E-state index is 10.2. The van der Waals surface area contributed by atoms with E-state index in [4.69, 9.17) is 10.5 Å². The van der Waals surface area contributed by atoms with Crippen molar-refractivity contribution < 1.29 is 9.84 Å². The third-order valence-corrected chi connectivity index (χ3v) is 9.55. The minimum atomic E-state index is -0.210. The lowest BCUT2D eigenvalue weighted by molar-refractivity contribution is -0.287. The van der Waals surface area contributed by atoms with Gasteiger partial charge in [0.25, 0.3) is 0 Å². The van der Waals surface area contributed by atoms with Crippen molar-refractivity contribution in [3.63, 3.8) is 0 Å². The summed E-state index contributed by atoms with van der Waals surface area (Å²) < 4.78 is 7.14. The van der Waals surface area contributed by atoms with Gasteiger partial charge in [-0.25, -0.2) is 0 Å². The van der Waals surface area contributed by atoms with Crippen LogP contribution in [0.2, 0.25) is 0 Å². The van der Waals surface area contributed by atoms with E-state index < -0.39 is 0 Å². The monoisotopic (exact) mass is 449 g/mol. The Bertz CT molecular complexity index is 940. The van der Waals surface area contributed by atoms with Gasteiger partial charge >= 0.3 is 0 Å². The molecule has 33 heavy (non-hydrogen) atoms. The van der Waals surface area contributed by atoms with Crippen molar-refractivity contribution in [1.29, 1.82) is 0 Å². The zero-order valence-corrected chi connectivity index (χ0v) is 21.1. The number of fused-ring (bicyclic) bond motifs is 5. The second-order valence-electron chi connectivity index (χ2n) is 12.6. The molecule has 1 aromatic carbocycles. The van der Waals surface area contributed by atoms with Gasteiger partial charge in [0.1, 0.15) is 5.75 Å². The van der Waals surface area contributed by atoms with Crippen LogP contribution in [-0.4, -0.2) is 22.4 Å². The number of benzene rings is 1. The molecule has 2 saturated heterocycles. The van der Waals surface area contributed by atoms with E-state index >= 15 is 0 Å². The zero-order chi connectivity index (χ0) is 23.4. The third kappa shape index (κ3) is 4.23. The Kier molecular flexibility index (Phi) is 6.07. The Balaban J connectivity index is 1.57. The van der Waals surface area contributed by atoms with E-state index in [1.165, 1.54) is 43.2 Å². The number of nitrogens with two attached hydrogens (primary N) is 1. The first-order chi connectivity index (χ1) is 15.7. The van der Waals surface area contributed by atoms with E-state index in [2.05, 4.69) is 45.6 Å². The first-order valence-electron chi connectivity index (χ1n) is 13.4. The van der Waals surface area contributed by atoms with Gasteiger partial charge in [-0.15, -0.1) is 0 Å². The molecule has 6 rings (SSSR count). The summed E-state index contributed by atoms with van der Waals surface area (Å²) in [6.07, 6.45) is 10.4. The number of ether oxygens (including phenoxy) is 1. The average molecular weight is 450 g/mol. The molecule has 0 radical (unpaired) electrons. The fourth-order valence-corrected chi connectivity index (χ4v) is 8.02. The SMILES string of the molecule is CC(C)CCC1CC2Cc3ccc(O)cc3CC#CC3C(N)C4CCC3(OC4(C)C)C(C1)C2. The fraction of sp³-hybridized carbons (Fsp3) is 0.733. The number of hydrogen-bond acceptors (Lipinski definition) is 3. The molecular formula is C30H43NO2. The molecule has 1 aromatic rings. The molecule has 2 aliphatic heterocycles. The topological polar surface area (TPSA) is 55.5 Å². The first kappa shape index (κ1) is 23.3. The minimum Gasteiger partial charge on any atom is -0.508 e. The van der Waals surface area contributed by atoms with Crippen LogP contribution in [0.25, 0.3) is 0 Å². The lowest BCUT2D eigenvalue weighted by atomic mass is 9.53. The summed E-state index contributed by atoms with van der Waals surface area (Å²) in [5, 5.41) is 10.2. The molecule has 2 saturated carbocycles. The fourth-order valence-electron chi connectivity index (χ4n) is 8.02. The number of rotatable bonds is 3. The van der Waals surface area contributed by atoms with Gasteiger partial charge < -0.3 is 15.6 Å². The maximum Gasteiger partial charge on any atom is 0.115 e.